The molecule has 1 aromatic carbocycles. The normalized spacial score (nSPS) is 10.9. The van der Waals surface area contributed by atoms with Gasteiger partial charge in [0.05, 0.1) is 16.8 Å². The van der Waals surface area contributed by atoms with Gasteiger partial charge < -0.3 is 5.11 Å². The molecule has 1 aromatic heterocycles. The monoisotopic (exact) mass is 270 g/mol. The number of carbonyl (C=O) groups is 2. The van der Waals surface area contributed by atoms with Crippen molar-refractivity contribution in [3.8, 4) is 0 Å². The van der Waals surface area contributed by atoms with Crippen molar-refractivity contribution in [2.75, 3.05) is 0 Å². The molecule has 1 heterocycles. The summed E-state index contributed by atoms with van der Waals surface area (Å²) in [5, 5.41) is 12.9. The molecule has 2 rings (SSSR count). The Balaban J connectivity index is 2.15. The Morgan fingerprint density at radius 1 is 1.25 bits per heavy atom. The summed E-state index contributed by atoms with van der Waals surface area (Å²) in [6.07, 6.45) is 4.79. The Hall–Kier alpha value is -2.69. The molecular formula is C15H14N2O3. The molecule has 5 nitrogen and oxygen atoms in total. The molecule has 0 fully saturated rings. The molecule has 20 heavy (non-hydrogen) atoms. The first-order valence-electron chi connectivity index (χ1n) is 6.03. The number of hydrogen-bond acceptors (Lipinski definition) is 3. The number of nitrogens with zero attached hydrogens (tertiary/aromatic N) is 2. The van der Waals surface area contributed by atoms with Crippen molar-refractivity contribution in [2.45, 2.75) is 6.92 Å². The van der Waals surface area contributed by atoms with E-state index in [0.717, 1.165) is 5.56 Å². The average Bonchev–Trinajstić information content (AvgIpc) is 2.75. The first-order chi connectivity index (χ1) is 9.47. The molecular weight excluding hydrogens is 256 g/mol. The third-order valence-corrected chi connectivity index (χ3v) is 2.86. The molecule has 1 N–H and O–H groups in total. The largest absolute Gasteiger partial charge is 0.478 e. The van der Waals surface area contributed by atoms with Crippen molar-refractivity contribution in [3.63, 3.8) is 0 Å². The number of allylic oxidation sites excluding steroid dienone is 1. The van der Waals surface area contributed by atoms with E-state index in [1.165, 1.54) is 18.2 Å². The van der Waals surface area contributed by atoms with Crippen LogP contribution in [-0.2, 0) is 7.05 Å². The highest BCUT2D eigenvalue weighted by Gasteiger charge is 2.09. The van der Waals surface area contributed by atoms with E-state index >= 15 is 0 Å². The summed E-state index contributed by atoms with van der Waals surface area (Å²) in [5.74, 6) is -1.10. The van der Waals surface area contributed by atoms with Gasteiger partial charge in [0.15, 0.2) is 5.78 Å². The highest BCUT2D eigenvalue weighted by atomic mass is 16.4. The maximum absolute atomic E-state index is 12.0. The van der Waals surface area contributed by atoms with E-state index in [1.807, 2.05) is 0 Å². The van der Waals surface area contributed by atoms with E-state index in [1.54, 1.807) is 43.1 Å². The fourth-order valence-electron chi connectivity index (χ4n) is 1.84. The van der Waals surface area contributed by atoms with Gasteiger partial charge in [0.2, 0.25) is 0 Å². The van der Waals surface area contributed by atoms with Crippen molar-refractivity contribution in [1.82, 2.24) is 9.78 Å². The number of rotatable bonds is 4. The van der Waals surface area contributed by atoms with Crippen LogP contribution < -0.4 is 0 Å². The van der Waals surface area contributed by atoms with Gasteiger partial charge in [-0.05, 0) is 30.7 Å². The van der Waals surface area contributed by atoms with Crippen LogP contribution in [0.15, 0.2) is 36.5 Å². The van der Waals surface area contributed by atoms with Crippen LogP contribution in [0.1, 0.15) is 32.0 Å². The minimum Gasteiger partial charge on any atom is -0.478 e. The number of ketones is 1. The molecule has 0 bridgehead atoms. The summed E-state index contributed by atoms with van der Waals surface area (Å²) in [6.45, 7) is 1.78. The molecule has 0 unspecified atom stereocenters. The zero-order valence-corrected chi connectivity index (χ0v) is 11.2. The van der Waals surface area contributed by atoms with Gasteiger partial charge in [0, 0.05) is 13.2 Å². The molecule has 0 saturated carbocycles. The molecule has 2 aromatic rings. The minimum absolute atomic E-state index is 0.127. The van der Waals surface area contributed by atoms with Gasteiger partial charge in [-0.25, -0.2) is 4.79 Å². The van der Waals surface area contributed by atoms with Crippen LogP contribution in [0, 0.1) is 6.92 Å². The Bertz CT molecular complexity index is 682. The predicted molar refractivity (Wildman–Crippen MR) is 74.7 cm³/mol. The number of aryl methyl sites for hydroxylation is 2. The van der Waals surface area contributed by atoms with E-state index in [2.05, 4.69) is 5.10 Å². The van der Waals surface area contributed by atoms with Crippen LogP contribution in [-0.4, -0.2) is 26.6 Å². The molecule has 0 aliphatic heterocycles. The van der Waals surface area contributed by atoms with Crippen molar-refractivity contribution in [2.24, 2.45) is 7.05 Å². The summed E-state index contributed by atoms with van der Waals surface area (Å²) in [5.41, 5.74) is 2.23. The zero-order valence-electron chi connectivity index (χ0n) is 11.2. The summed E-state index contributed by atoms with van der Waals surface area (Å²) in [6, 6.07) is 6.32. The highest BCUT2D eigenvalue weighted by Crippen LogP contribution is 2.10. The Labute approximate surface area is 116 Å². The van der Waals surface area contributed by atoms with Crippen molar-refractivity contribution in [3.05, 3.63) is 58.9 Å². The molecule has 0 spiro atoms. The fourth-order valence-corrected chi connectivity index (χ4v) is 1.84. The number of aromatic carboxylic acids is 1. The fraction of sp³-hybridized carbons (Fsp3) is 0.133. The summed E-state index contributed by atoms with van der Waals surface area (Å²) in [7, 11) is 1.76. The quantitative estimate of drug-likeness (QED) is 0.683. The Morgan fingerprint density at radius 3 is 2.40 bits per heavy atom. The molecule has 0 aliphatic carbocycles. The van der Waals surface area contributed by atoms with E-state index in [9.17, 15) is 9.59 Å². The molecule has 0 saturated heterocycles. The van der Waals surface area contributed by atoms with Gasteiger partial charge in [-0.3, -0.25) is 9.48 Å². The Kier molecular flexibility index (Phi) is 3.79. The van der Waals surface area contributed by atoms with E-state index < -0.39 is 5.97 Å². The van der Waals surface area contributed by atoms with E-state index in [4.69, 9.17) is 5.11 Å². The van der Waals surface area contributed by atoms with Crippen molar-refractivity contribution in [1.29, 1.82) is 0 Å². The second-order valence-corrected chi connectivity index (χ2v) is 4.43. The first-order valence-corrected chi connectivity index (χ1v) is 6.03. The standard InChI is InChI=1S/C15H14N2O3/c1-10-13(9-17(2)16-10)14(18)8-5-11-3-6-12(7-4-11)15(19)20/h3-9H,1-2H3,(H,19,20)/b8-5+. The number of carboxylic acid groups (broad SMARTS) is 1. The number of benzene rings is 1. The van der Waals surface area contributed by atoms with Crippen LogP contribution in [0.25, 0.3) is 6.08 Å². The van der Waals surface area contributed by atoms with Crippen LogP contribution in [0.3, 0.4) is 0 Å². The molecule has 102 valence electrons. The maximum atomic E-state index is 12.0. The van der Waals surface area contributed by atoms with Gasteiger partial charge >= 0.3 is 5.97 Å². The zero-order chi connectivity index (χ0) is 14.7. The third-order valence-electron chi connectivity index (χ3n) is 2.86. The van der Waals surface area contributed by atoms with Crippen LogP contribution in [0.4, 0.5) is 0 Å². The summed E-state index contributed by atoms with van der Waals surface area (Å²) in [4.78, 5) is 22.7. The average molecular weight is 270 g/mol. The van der Waals surface area contributed by atoms with Gasteiger partial charge in [-0.15, -0.1) is 0 Å². The number of hydrogen-bond donors (Lipinski definition) is 1. The first kappa shape index (κ1) is 13.7. The van der Waals surface area contributed by atoms with Crippen molar-refractivity contribution >= 4 is 17.8 Å². The summed E-state index contributed by atoms with van der Waals surface area (Å²) >= 11 is 0. The lowest BCUT2D eigenvalue weighted by Crippen LogP contribution is -1.96. The molecule has 0 aliphatic rings. The van der Waals surface area contributed by atoms with Crippen LogP contribution in [0.2, 0.25) is 0 Å². The Morgan fingerprint density at radius 2 is 1.90 bits per heavy atom. The maximum Gasteiger partial charge on any atom is 0.335 e. The predicted octanol–water partition coefficient (Wildman–Crippen LogP) is 2.32. The lowest BCUT2D eigenvalue weighted by atomic mass is 10.1. The lowest BCUT2D eigenvalue weighted by Gasteiger charge is -1.96. The van der Waals surface area contributed by atoms with Gasteiger partial charge in [-0.1, -0.05) is 18.2 Å². The van der Waals surface area contributed by atoms with Gasteiger partial charge in [0.1, 0.15) is 0 Å². The second kappa shape index (κ2) is 5.52. The highest BCUT2D eigenvalue weighted by molar-refractivity contribution is 6.07. The number of carbonyl (C=O) groups excluding carboxylic acids is 1. The summed E-state index contributed by atoms with van der Waals surface area (Å²) < 4.78 is 1.60. The topological polar surface area (TPSA) is 72.2 Å². The lowest BCUT2D eigenvalue weighted by molar-refractivity contribution is 0.0696. The second-order valence-electron chi connectivity index (χ2n) is 4.43. The van der Waals surface area contributed by atoms with Gasteiger partial charge in [-0.2, -0.15) is 5.10 Å². The van der Waals surface area contributed by atoms with E-state index in [-0.39, 0.29) is 11.3 Å². The molecule has 0 atom stereocenters. The minimum atomic E-state index is -0.970. The van der Waals surface area contributed by atoms with Gasteiger partial charge in [0.25, 0.3) is 0 Å². The van der Waals surface area contributed by atoms with E-state index in [0.29, 0.717) is 11.3 Å². The smallest absolute Gasteiger partial charge is 0.335 e. The molecule has 0 radical (unpaired) electrons. The van der Waals surface area contributed by atoms with Crippen LogP contribution >= 0.6 is 0 Å². The third kappa shape index (κ3) is 3.00. The molecule has 5 heteroatoms. The van der Waals surface area contributed by atoms with Crippen LogP contribution in [0.5, 0.6) is 0 Å². The SMILES string of the molecule is Cc1nn(C)cc1C(=O)/C=C/c1ccc(C(=O)O)cc1. The van der Waals surface area contributed by atoms with Crippen molar-refractivity contribution < 1.29 is 14.7 Å². The number of carboxylic acids is 1. The molecule has 0 amide bonds. The number of aromatic nitrogens is 2.